The highest BCUT2D eigenvalue weighted by Gasteiger charge is 2.17. The lowest BCUT2D eigenvalue weighted by atomic mass is 10.00. The van der Waals surface area contributed by atoms with E-state index in [1.165, 1.54) is 24.3 Å². The molecule has 0 saturated heterocycles. The molecule has 0 unspecified atom stereocenters. The molecule has 0 aliphatic rings. The quantitative estimate of drug-likeness (QED) is 0.605. The van der Waals surface area contributed by atoms with E-state index in [1.807, 2.05) is 32.9 Å². The molecule has 0 bridgehead atoms. The first-order valence-electron chi connectivity index (χ1n) is 7.68. The van der Waals surface area contributed by atoms with E-state index in [0.29, 0.717) is 5.56 Å². The molecule has 0 heterocycles. The van der Waals surface area contributed by atoms with Crippen LogP contribution in [0.15, 0.2) is 41.3 Å². The third-order valence-electron chi connectivity index (χ3n) is 3.82. The van der Waals surface area contributed by atoms with E-state index in [-0.39, 0.29) is 10.5 Å². The molecule has 0 N–H and O–H groups in total. The SMILES string of the molecule is Cc1cc(C)c(C(=O)OCC(=O)c2ccc(S(C)(=O)=O)cc2)c(C)c1. The highest BCUT2D eigenvalue weighted by Crippen LogP contribution is 2.18. The number of aryl methyl sites for hydroxylation is 3. The Morgan fingerprint density at radius 3 is 1.96 bits per heavy atom. The summed E-state index contributed by atoms with van der Waals surface area (Å²) in [6.45, 7) is 5.19. The minimum absolute atomic E-state index is 0.131. The number of carbonyl (C=O) groups is 2. The van der Waals surface area contributed by atoms with Crippen molar-refractivity contribution in [2.24, 2.45) is 0 Å². The third kappa shape index (κ3) is 4.54. The van der Waals surface area contributed by atoms with Crippen molar-refractivity contribution in [2.75, 3.05) is 12.9 Å². The van der Waals surface area contributed by atoms with Crippen LogP contribution in [0.3, 0.4) is 0 Å². The Bertz CT molecular complexity index is 902. The Hall–Kier alpha value is -2.47. The lowest BCUT2D eigenvalue weighted by molar-refractivity contribution is 0.0473. The van der Waals surface area contributed by atoms with Gasteiger partial charge in [0, 0.05) is 11.8 Å². The van der Waals surface area contributed by atoms with Crippen molar-refractivity contribution >= 4 is 21.6 Å². The number of hydrogen-bond donors (Lipinski definition) is 0. The molecule has 2 aromatic carbocycles. The zero-order valence-corrected chi connectivity index (χ0v) is 15.4. The average molecular weight is 360 g/mol. The maximum absolute atomic E-state index is 12.3. The number of ketones is 1. The van der Waals surface area contributed by atoms with Crippen LogP contribution < -0.4 is 0 Å². The van der Waals surface area contributed by atoms with Gasteiger partial charge in [-0.25, -0.2) is 13.2 Å². The topological polar surface area (TPSA) is 77.5 Å². The fourth-order valence-electron chi connectivity index (χ4n) is 2.68. The maximum atomic E-state index is 12.3. The Labute approximate surface area is 147 Å². The molecule has 6 heteroatoms. The molecular formula is C19H20O5S. The normalized spacial score (nSPS) is 11.2. The van der Waals surface area contributed by atoms with Gasteiger partial charge in [-0.05, 0) is 56.2 Å². The van der Waals surface area contributed by atoms with Crippen molar-refractivity contribution in [1.82, 2.24) is 0 Å². The van der Waals surface area contributed by atoms with Crippen LogP contribution in [0.2, 0.25) is 0 Å². The van der Waals surface area contributed by atoms with Gasteiger partial charge in [-0.3, -0.25) is 4.79 Å². The molecule has 0 saturated carbocycles. The summed E-state index contributed by atoms with van der Waals surface area (Å²) < 4.78 is 28.0. The first-order chi connectivity index (χ1) is 11.6. The highest BCUT2D eigenvalue weighted by molar-refractivity contribution is 7.90. The van der Waals surface area contributed by atoms with Gasteiger partial charge in [0.1, 0.15) is 0 Å². The summed E-state index contributed by atoms with van der Waals surface area (Å²) in [5.41, 5.74) is 3.40. The Balaban J connectivity index is 2.09. The summed E-state index contributed by atoms with van der Waals surface area (Å²) in [6.07, 6.45) is 1.10. The Morgan fingerprint density at radius 1 is 0.960 bits per heavy atom. The van der Waals surface area contributed by atoms with E-state index < -0.39 is 28.2 Å². The average Bonchev–Trinajstić information content (AvgIpc) is 2.51. The number of Topliss-reactive ketones (excluding diaryl/α,β-unsaturated/α-hetero) is 1. The second kappa shape index (κ2) is 7.19. The molecule has 2 aromatic rings. The summed E-state index contributed by atoms with van der Waals surface area (Å²) in [4.78, 5) is 24.5. The fraction of sp³-hybridized carbons (Fsp3) is 0.263. The van der Waals surface area contributed by atoms with Crippen molar-refractivity contribution in [1.29, 1.82) is 0 Å². The molecule has 2 rings (SSSR count). The van der Waals surface area contributed by atoms with Crippen molar-refractivity contribution in [3.8, 4) is 0 Å². The van der Waals surface area contributed by atoms with E-state index >= 15 is 0 Å². The van der Waals surface area contributed by atoms with Crippen molar-refractivity contribution in [3.63, 3.8) is 0 Å². The minimum atomic E-state index is -3.32. The molecule has 0 aromatic heterocycles. The molecule has 132 valence electrons. The Morgan fingerprint density at radius 2 is 1.48 bits per heavy atom. The number of ether oxygens (including phenoxy) is 1. The summed E-state index contributed by atoms with van der Waals surface area (Å²) in [6, 6.07) is 9.31. The molecule has 0 amide bonds. The van der Waals surface area contributed by atoms with Crippen molar-refractivity contribution < 1.29 is 22.7 Å². The van der Waals surface area contributed by atoms with Crippen molar-refractivity contribution in [3.05, 3.63) is 64.2 Å². The maximum Gasteiger partial charge on any atom is 0.339 e. The van der Waals surface area contributed by atoms with Crippen LogP contribution in [0.25, 0.3) is 0 Å². The summed E-state index contributed by atoms with van der Waals surface area (Å²) in [5.74, 6) is -0.938. The summed E-state index contributed by atoms with van der Waals surface area (Å²) in [7, 11) is -3.32. The lowest BCUT2D eigenvalue weighted by Gasteiger charge is -2.11. The summed E-state index contributed by atoms with van der Waals surface area (Å²) >= 11 is 0. The standard InChI is InChI=1S/C19H20O5S/c1-12-9-13(2)18(14(3)10-12)19(21)24-11-17(20)15-5-7-16(8-6-15)25(4,22)23/h5-10H,11H2,1-4H3. The zero-order chi connectivity index (χ0) is 18.8. The van der Waals surface area contributed by atoms with Crippen LogP contribution in [0.4, 0.5) is 0 Å². The number of benzene rings is 2. The molecule has 0 spiro atoms. The molecule has 0 atom stereocenters. The highest BCUT2D eigenvalue weighted by atomic mass is 32.2. The van der Waals surface area contributed by atoms with Gasteiger partial charge >= 0.3 is 5.97 Å². The van der Waals surface area contributed by atoms with Gasteiger partial charge < -0.3 is 4.74 Å². The number of esters is 1. The van der Waals surface area contributed by atoms with Crippen LogP contribution in [-0.2, 0) is 14.6 Å². The van der Waals surface area contributed by atoms with Gasteiger partial charge in [0.25, 0.3) is 0 Å². The van der Waals surface area contributed by atoms with Gasteiger partial charge in [0.2, 0.25) is 0 Å². The zero-order valence-electron chi connectivity index (χ0n) is 14.6. The van der Waals surface area contributed by atoms with Crippen LogP contribution in [0.5, 0.6) is 0 Å². The minimum Gasteiger partial charge on any atom is -0.454 e. The second-order valence-electron chi connectivity index (χ2n) is 6.07. The van der Waals surface area contributed by atoms with Crippen LogP contribution in [-0.4, -0.2) is 33.0 Å². The van der Waals surface area contributed by atoms with Gasteiger partial charge in [-0.2, -0.15) is 0 Å². The Kier molecular flexibility index (Phi) is 5.42. The molecule has 0 fully saturated rings. The van der Waals surface area contributed by atoms with Gasteiger partial charge in [-0.1, -0.05) is 17.7 Å². The molecular weight excluding hydrogens is 340 g/mol. The number of hydrogen-bond acceptors (Lipinski definition) is 5. The number of carbonyl (C=O) groups excluding carboxylic acids is 2. The number of rotatable bonds is 5. The van der Waals surface area contributed by atoms with Gasteiger partial charge in [0.05, 0.1) is 10.5 Å². The smallest absolute Gasteiger partial charge is 0.339 e. The molecule has 25 heavy (non-hydrogen) atoms. The molecule has 0 radical (unpaired) electrons. The van der Waals surface area contributed by atoms with E-state index in [0.717, 1.165) is 22.9 Å². The number of sulfone groups is 1. The predicted molar refractivity (Wildman–Crippen MR) is 94.8 cm³/mol. The third-order valence-corrected chi connectivity index (χ3v) is 4.95. The van der Waals surface area contributed by atoms with Crippen LogP contribution in [0.1, 0.15) is 37.4 Å². The first-order valence-corrected chi connectivity index (χ1v) is 9.57. The van der Waals surface area contributed by atoms with E-state index in [1.54, 1.807) is 0 Å². The summed E-state index contributed by atoms with van der Waals surface area (Å²) in [5, 5.41) is 0. The first kappa shape index (κ1) is 18.9. The van der Waals surface area contributed by atoms with Crippen LogP contribution >= 0.6 is 0 Å². The fourth-order valence-corrected chi connectivity index (χ4v) is 3.31. The van der Waals surface area contributed by atoms with Crippen LogP contribution in [0, 0.1) is 20.8 Å². The van der Waals surface area contributed by atoms with E-state index in [2.05, 4.69) is 0 Å². The van der Waals surface area contributed by atoms with Crippen molar-refractivity contribution in [2.45, 2.75) is 25.7 Å². The monoisotopic (exact) mass is 360 g/mol. The molecule has 5 nitrogen and oxygen atoms in total. The predicted octanol–water partition coefficient (Wildman–Crippen LogP) is 3.06. The largest absolute Gasteiger partial charge is 0.454 e. The molecule has 0 aliphatic carbocycles. The molecule has 0 aliphatic heterocycles. The van der Waals surface area contributed by atoms with E-state index in [9.17, 15) is 18.0 Å². The van der Waals surface area contributed by atoms with E-state index in [4.69, 9.17) is 4.74 Å². The second-order valence-corrected chi connectivity index (χ2v) is 8.09. The lowest BCUT2D eigenvalue weighted by Crippen LogP contribution is -2.16. The van der Waals surface area contributed by atoms with Gasteiger partial charge in [-0.15, -0.1) is 0 Å². The van der Waals surface area contributed by atoms with Gasteiger partial charge in [0.15, 0.2) is 22.2 Å².